The number of fused-ring (bicyclic) bond motifs is 1. The minimum absolute atomic E-state index is 0.108. The topological polar surface area (TPSA) is 156 Å². The molecule has 0 unspecified atom stereocenters. The molecule has 0 spiro atoms. The van der Waals surface area contributed by atoms with Gasteiger partial charge in [-0.3, -0.25) is 19.3 Å². The van der Waals surface area contributed by atoms with E-state index in [4.69, 9.17) is 9.47 Å². The number of carbonyl (C=O) groups is 4. The van der Waals surface area contributed by atoms with Crippen molar-refractivity contribution in [2.45, 2.75) is 18.0 Å². The Morgan fingerprint density at radius 1 is 1.41 bits per heavy atom. The van der Waals surface area contributed by atoms with Gasteiger partial charge in [-0.1, -0.05) is 0 Å². The van der Waals surface area contributed by atoms with Crippen LogP contribution in [0, 0.1) is 0 Å². The molecule has 1 fully saturated rings. The molecule has 0 aliphatic carbocycles. The molecule has 27 heavy (non-hydrogen) atoms. The van der Waals surface area contributed by atoms with Crippen LogP contribution in [0.15, 0.2) is 11.3 Å². The average Bonchev–Trinajstić information content (AvgIpc) is 2.54. The third-order valence-corrected chi connectivity index (χ3v) is 5.96. The second kappa shape index (κ2) is 7.48. The van der Waals surface area contributed by atoms with Crippen LogP contribution in [0.1, 0.15) is 6.92 Å². The normalized spacial score (nSPS) is 24.8. The van der Waals surface area contributed by atoms with E-state index in [1.54, 1.807) is 0 Å². The Hall–Kier alpha value is -2.12. The van der Waals surface area contributed by atoms with Crippen LogP contribution in [0.5, 0.6) is 0 Å². The summed E-state index contributed by atoms with van der Waals surface area (Å²) in [5.74, 6) is -4.55. The molecule has 0 saturated carbocycles. The fraction of sp³-hybridized carbons (Fsp3) is 0.571. The number of esters is 1. The van der Waals surface area contributed by atoms with Crippen molar-refractivity contribution in [3.63, 3.8) is 0 Å². The predicted octanol–water partition coefficient (Wildman–Crippen LogP) is -1.69. The van der Waals surface area contributed by atoms with Crippen LogP contribution in [-0.2, 0) is 38.5 Å². The molecule has 150 valence electrons. The van der Waals surface area contributed by atoms with Crippen molar-refractivity contribution in [2.24, 2.45) is 0 Å². The Kier molecular flexibility index (Phi) is 5.87. The van der Waals surface area contributed by atoms with Crippen molar-refractivity contribution >= 4 is 45.4 Å². The summed E-state index contributed by atoms with van der Waals surface area (Å²) in [4.78, 5) is 48.2. The van der Waals surface area contributed by atoms with E-state index in [1.165, 1.54) is 6.92 Å². The lowest BCUT2D eigenvalue weighted by molar-refractivity contribution is -0.192. The number of aliphatic carboxylic acids is 1. The number of hydrogen-bond acceptors (Lipinski definition) is 9. The second-order valence-corrected chi connectivity index (χ2v) is 9.14. The summed E-state index contributed by atoms with van der Waals surface area (Å²) in [5.41, 5.74) is -2.00. The van der Waals surface area contributed by atoms with Crippen LogP contribution < -0.4 is 5.32 Å². The molecule has 2 heterocycles. The van der Waals surface area contributed by atoms with E-state index in [0.717, 1.165) is 30.0 Å². The van der Waals surface area contributed by atoms with E-state index in [0.29, 0.717) is 0 Å². The summed E-state index contributed by atoms with van der Waals surface area (Å²) in [7, 11) is -2.49. The van der Waals surface area contributed by atoms with E-state index in [-0.39, 0.29) is 23.6 Å². The van der Waals surface area contributed by atoms with Crippen molar-refractivity contribution in [1.82, 2.24) is 10.2 Å². The quantitative estimate of drug-likeness (QED) is 0.275. The van der Waals surface area contributed by atoms with Gasteiger partial charge in [0.1, 0.15) is 23.4 Å². The molecule has 2 amide bonds. The number of carboxylic acids is 1. The average molecular weight is 422 g/mol. The lowest BCUT2D eigenvalue weighted by Gasteiger charge is -2.55. The van der Waals surface area contributed by atoms with Crippen LogP contribution in [0.4, 0.5) is 0 Å². The van der Waals surface area contributed by atoms with Crippen LogP contribution in [0.3, 0.4) is 0 Å². The molecule has 2 atom stereocenters. The number of nitrogens with zero attached hydrogens (tertiary/aromatic N) is 1. The van der Waals surface area contributed by atoms with Crippen LogP contribution in [-0.4, -0.2) is 84.8 Å². The van der Waals surface area contributed by atoms with Gasteiger partial charge < -0.3 is 19.9 Å². The Morgan fingerprint density at radius 3 is 2.52 bits per heavy atom. The molecule has 11 nitrogen and oxygen atoms in total. The minimum Gasteiger partial charge on any atom is -0.477 e. The molecule has 0 aromatic carbocycles. The molecule has 0 bridgehead atoms. The zero-order valence-corrected chi connectivity index (χ0v) is 16.3. The highest BCUT2D eigenvalue weighted by atomic mass is 32.2. The first kappa shape index (κ1) is 21.2. The fourth-order valence-electron chi connectivity index (χ4n) is 2.72. The summed E-state index contributed by atoms with van der Waals surface area (Å²) in [6, 6.07) is 0. The van der Waals surface area contributed by atoms with Gasteiger partial charge in [-0.05, 0) is 0 Å². The minimum atomic E-state index is -3.63. The standard InChI is InChI=1S/C14H18N2O9S2/c1-7(17)25-4-8-5-26-13-14(24-2,15-9(18)6-27(3,22)23)12(21)16(13)10(8)11(19)20/h13H,4-6H2,1-3H3,(H,15,18)(H,19,20)/t13-,14+/m1/s1. The van der Waals surface area contributed by atoms with Gasteiger partial charge in [-0.25, -0.2) is 13.2 Å². The number of ether oxygens (including phenoxy) is 2. The lowest BCUT2D eigenvalue weighted by atomic mass is 9.98. The van der Waals surface area contributed by atoms with E-state index >= 15 is 0 Å². The number of rotatable bonds is 7. The lowest BCUT2D eigenvalue weighted by Crippen LogP contribution is -2.81. The SMILES string of the molecule is CO[C@@]1(NC(=O)CS(C)(=O)=O)C(=O)N2C(C(=O)O)=C(COC(C)=O)CS[C@@H]21. The number of carbonyl (C=O) groups excluding carboxylic acids is 3. The monoisotopic (exact) mass is 422 g/mol. The number of sulfone groups is 1. The highest BCUT2D eigenvalue weighted by Crippen LogP contribution is 2.46. The Bertz CT molecular complexity index is 836. The summed E-state index contributed by atoms with van der Waals surface area (Å²) in [6.45, 7) is 0.878. The maximum atomic E-state index is 12.7. The Balaban J connectivity index is 2.30. The Labute approximate surface area is 159 Å². The van der Waals surface area contributed by atoms with E-state index < -0.39 is 50.4 Å². The van der Waals surface area contributed by atoms with Gasteiger partial charge in [0, 0.05) is 31.6 Å². The largest absolute Gasteiger partial charge is 0.477 e. The van der Waals surface area contributed by atoms with Gasteiger partial charge in [0.15, 0.2) is 9.84 Å². The van der Waals surface area contributed by atoms with Crippen LogP contribution in [0.2, 0.25) is 0 Å². The highest BCUT2D eigenvalue weighted by Gasteiger charge is 2.66. The number of methoxy groups -OCH3 is 1. The third kappa shape index (κ3) is 4.09. The molecule has 0 aromatic rings. The Morgan fingerprint density at radius 2 is 2.04 bits per heavy atom. The number of amides is 2. The highest BCUT2D eigenvalue weighted by molar-refractivity contribution is 8.00. The molecule has 0 aromatic heterocycles. The van der Waals surface area contributed by atoms with E-state index in [9.17, 15) is 32.7 Å². The molecular formula is C14H18N2O9S2. The van der Waals surface area contributed by atoms with Gasteiger partial charge >= 0.3 is 11.9 Å². The van der Waals surface area contributed by atoms with Crippen molar-refractivity contribution in [1.29, 1.82) is 0 Å². The van der Waals surface area contributed by atoms with Crippen molar-refractivity contribution < 1.29 is 42.2 Å². The molecule has 13 heteroatoms. The summed E-state index contributed by atoms with van der Waals surface area (Å²) >= 11 is 1.09. The van der Waals surface area contributed by atoms with Gasteiger partial charge in [0.25, 0.3) is 11.6 Å². The number of carboxylic acid groups (broad SMARTS) is 1. The summed E-state index contributed by atoms with van der Waals surface area (Å²) < 4.78 is 32.5. The third-order valence-electron chi connectivity index (χ3n) is 3.80. The fourth-order valence-corrected chi connectivity index (χ4v) is 4.69. The maximum absolute atomic E-state index is 12.7. The number of thioether (sulfide) groups is 1. The van der Waals surface area contributed by atoms with Crippen molar-refractivity contribution in [3.8, 4) is 0 Å². The molecule has 2 rings (SSSR count). The van der Waals surface area contributed by atoms with Crippen molar-refractivity contribution in [3.05, 3.63) is 11.3 Å². The predicted molar refractivity (Wildman–Crippen MR) is 92.0 cm³/mol. The van der Waals surface area contributed by atoms with Gasteiger partial charge in [0.2, 0.25) is 5.91 Å². The zero-order chi connectivity index (χ0) is 20.6. The first-order valence-corrected chi connectivity index (χ1v) is 10.6. The summed E-state index contributed by atoms with van der Waals surface area (Å²) in [5, 5.41) is 10.8. The molecule has 2 aliphatic heterocycles. The van der Waals surface area contributed by atoms with Gasteiger partial charge in [0.05, 0.1) is 0 Å². The molecule has 0 radical (unpaired) electrons. The molecule has 2 aliphatic rings. The molecular weight excluding hydrogens is 404 g/mol. The molecule has 2 N–H and O–H groups in total. The molecule has 1 saturated heterocycles. The summed E-state index contributed by atoms with van der Waals surface area (Å²) in [6.07, 6.45) is 0.864. The number of hydrogen-bond donors (Lipinski definition) is 2. The van der Waals surface area contributed by atoms with Crippen LogP contribution in [0.25, 0.3) is 0 Å². The number of β-lactam (4-membered cyclic amide) rings is 1. The first-order valence-electron chi connectivity index (χ1n) is 7.50. The van der Waals surface area contributed by atoms with Crippen LogP contribution >= 0.6 is 11.8 Å². The second-order valence-electron chi connectivity index (χ2n) is 5.93. The smallest absolute Gasteiger partial charge is 0.352 e. The zero-order valence-electron chi connectivity index (χ0n) is 14.7. The first-order chi connectivity index (χ1) is 12.4. The van der Waals surface area contributed by atoms with E-state index in [2.05, 4.69) is 5.32 Å². The van der Waals surface area contributed by atoms with E-state index in [1.807, 2.05) is 0 Å². The van der Waals surface area contributed by atoms with Gasteiger partial charge in [-0.2, -0.15) is 0 Å². The number of nitrogens with one attached hydrogen (secondary N) is 1. The van der Waals surface area contributed by atoms with Gasteiger partial charge in [-0.15, -0.1) is 11.8 Å². The van der Waals surface area contributed by atoms with Crippen molar-refractivity contribution in [2.75, 3.05) is 31.5 Å². The maximum Gasteiger partial charge on any atom is 0.352 e.